The minimum Gasteiger partial charge on any atom is -0.493 e. The summed E-state index contributed by atoms with van der Waals surface area (Å²) in [6.45, 7) is 10.8. The van der Waals surface area contributed by atoms with Crippen molar-refractivity contribution in [2.75, 3.05) is 13.2 Å². The second kappa shape index (κ2) is 10.6. The lowest BCUT2D eigenvalue weighted by Crippen LogP contribution is -2.55. The van der Waals surface area contributed by atoms with E-state index in [1.54, 1.807) is 0 Å². The first-order valence-corrected chi connectivity index (χ1v) is 17.9. The SMILES string of the molecule is CC(=O)O[C@H]1C[C@@]2(C)[C@@H]3CC[C@H]4[C@H](C)C(=O)C=C[C@@]45C[C@@]35CC[C@]2(C)[C@H]1[C@@H]1CC(=O)O[C@H]1C1=C(CNC(=O)C(Cl)(Cl)Cl)[C@@H](C)CO1. The largest absolute Gasteiger partial charge is 0.493 e. The molecule has 7 aliphatic rings. The highest BCUT2D eigenvalue weighted by Gasteiger charge is 2.82. The van der Waals surface area contributed by atoms with E-state index in [4.69, 9.17) is 49.0 Å². The maximum atomic E-state index is 13.2. The maximum absolute atomic E-state index is 13.2. The third-order valence-corrected chi connectivity index (χ3v) is 14.7. The molecule has 1 N–H and O–H groups in total. The molecular weight excluding hydrogens is 653 g/mol. The van der Waals surface area contributed by atoms with Crippen LogP contribution in [0.3, 0.4) is 0 Å². The van der Waals surface area contributed by atoms with E-state index in [0.717, 1.165) is 44.1 Å². The number of esters is 2. The van der Waals surface area contributed by atoms with Crippen LogP contribution in [0.4, 0.5) is 0 Å². The lowest BCUT2D eigenvalue weighted by molar-refractivity contribution is -0.153. The summed E-state index contributed by atoms with van der Waals surface area (Å²) >= 11 is 17.4. The molecule has 5 fully saturated rings. The molecule has 5 aliphatic carbocycles. The van der Waals surface area contributed by atoms with E-state index in [0.29, 0.717) is 24.2 Å². The third-order valence-electron chi connectivity index (χ3n) is 14.2. The molecule has 1 amide bonds. The van der Waals surface area contributed by atoms with Crippen molar-refractivity contribution in [1.29, 1.82) is 0 Å². The van der Waals surface area contributed by atoms with Crippen molar-refractivity contribution < 1.29 is 33.4 Å². The maximum Gasteiger partial charge on any atom is 0.306 e. The molecule has 0 radical (unpaired) electrons. The Kier molecular flexibility index (Phi) is 7.56. The van der Waals surface area contributed by atoms with E-state index in [1.807, 2.05) is 13.0 Å². The van der Waals surface area contributed by atoms with Gasteiger partial charge in [-0.1, -0.05) is 68.6 Å². The van der Waals surface area contributed by atoms with E-state index in [-0.39, 0.29) is 82.1 Å². The Hall–Kier alpha value is -1.77. The number of allylic oxidation sites excluding steroid dienone is 2. The second-order valence-corrected chi connectivity index (χ2v) is 18.2. The average molecular weight is 697 g/mol. The van der Waals surface area contributed by atoms with Crippen molar-refractivity contribution in [2.45, 2.75) is 95.6 Å². The van der Waals surface area contributed by atoms with Gasteiger partial charge < -0.3 is 19.5 Å². The number of hydrogen-bond donors (Lipinski definition) is 1. The zero-order chi connectivity index (χ0) is 33.2. The molecular formula is C35H44Cl3NO7. The molecule has 0 aromatic heterocycles. The monoisotopic (exact) mass is 695 g/mol. The number of cyclic esters (lactones) is 1. The molecule has 46 heavy (non-hydrogen) atoms. The van der Waals surface area contributed by atoms with Crippen LogP contribution < -0.4 is 5.32 Å². The Balaban J connectivity index is 1.25. The van der Waals surface area contributed by atoms with Crippen molar-refractivity contribution in [3.05, 3.63) is 23.5 Å². The van der Waals surface area contributed by atoms with Crippen LogP contribution in [0.1, 0.15) is 79.6 Å². The predicted octanol–water partition coefficient (Wildman–Crippen LogP) is 6.26. The van der Waals surface area contributed by atoms with Crippen LogP contribution in [0.15, 0.2) is 23.5 Å². The molecule has 1 saturated heterocycles. The Morgan fingerprint density at radius 3 is 2.54 bits per heavy atom. The number of ether oxygens (including phenoxy) is 3. The first-order chi connectivity index (χ1) is 21.5. The van der Waals surface area contributed by atoms with Crippen LogP contribution in [0.25, 0.3) is 0 Å². The number of fused-ring (bicyclic) bond motifs is 2. The van der Waals surface area contributed by atoms with Crippen LogP contribution in [-0.2, 0) is 33.4 Å². The summed E-state index contributed by atoms with van der Waals surface area (Å²) in [4.78, 5) is 50.9. The zero-order valence-electron chi connectivity index (χ0n) is 27.1. The second-order valence-electron chi connectivity index (χ2n) is 15.9. The van der Waals surface area contributed by atoms with Crippen LogP contribution in [-0.4, -0.2) is 52.8 Å². The fourth-order valence-corrected chi connectivity index (χ4v) is 12.3. The van der Waals surface area contributed by atoms with Crippen molar-refractivity contribution in [3.8, 4) is 0 Å². The van der Waals surface area contributed by atoms with Gasteiger partial charge in [0.1, 0.15) is 11.9 Å². The summed E-state index contributed by atoms with van der Waals surface area (Å²) < 4.78 is 16.4. The molecule has 0 aromatic rings. The van der Waals surface area contributed by atoms with E-state index >= 15 is 0 Å². The summed E-state index contributed by atoms with van der Waals surface area (Å²) in [6.07, 6.45) is 9.14. The number of alkyl halides is 3. The topological polar surface area (TPSA) is 108 Å². The predicted molar refractivity (Wildman–Crippen MR) is 172 cm³/mol. The lowest BCUT2D eigenvalue weighted by Gasteiger charge is -2.61. The Morgan fingerprint density at radius 1 is 1.11 bits per heavy atom. The van der Waals surface area contributed by atoms with E-state index in [9.17, 15) is 19.2 Å². The third kappa shape index (κ3) is 4.43. The van der Waals surface area contributed by atoms with E-state index < -0.39 is 15.8 Å². The number of hydrogen-bond acceptors (Lipinski definition) is 7. The summed E-state index contributed by atoms with van der Waals surface area (Å²) in [5.74, 6) is -0.214. The van der Waals surface area contributed by atoms with Gasteiger partial charge in [0.25, 0.3) is 9.70 Å². The van der Waals surface area contributed by atoms with E-state index in [1.165, 1.54) is 6.92 Å². The van der Waals surface area contributed by atoms with Crippen LogP contribution in [0.2, 0.25) is 0 Å². The molecule has 12 atom stereocenters. The standard InChI is InChI=1S/C35H44Cl3NO7/c1-17-15-44-28(21(17)14-39-30(43)35(36,37)38)29-20(12-26(42)46-29)27-24(45-19(3)40)13-32(5)25-7-6-22-18(2)23(41)8-9-33(22)16-34(25,33)11-10-31(27,32)4/h8-9,17-18,20,22,24-25,27,29H,6-7,10-16H2,1-5H3,(H,39,43)/t17-,18-,20-,22-,24-,25-,27-,29+,31+,32-,33+,34-/m0/s1. The van der Waals surface area contributed by atoms with E-state index in [2.05, 4.69) is 32.2 Å². The average Bonchev–Trinajstić information content (AvgIpc) is 3.10. The van der Waals surface area contributed by atoms with Crippen molar-refractivity contribution >= 4 is 58.4 Å². The first kappa shape index (κ1) is 32.8. The van der Waals surface area contributed by atoms with Gasteiger partial charge in [0.15, 0.2) is 11.9 Å². The van der Waals surface area contributed by atoms with Crippen molar-refractivity contribution in [3.63, 3.8) is 0 Å². The number of ketones is 1. The molecule has 0 aromatic carbocycles. The molecule has 11 heteroatoms. The van der Waals surface area contributed by atoms with Gasteiger partial charge in [-0.05, 0) is 83.7 Å². The summed E-state index contributed by atoms with van der Waals surface area (Å²) in [6, 6.07) is 0. The molecule has 0 unspecified atom stereocenters. The quantitative estimate of drug-likeness (QED) is 0.267. The van der Waals surface area contributed by atoms with Gasteiger partial charge in [-0.2, -0.15) is 0 Å². The number of carbonyl (C=O) groups is 4. The fraction of sp³-hybridized carbons (Fsp3) is 0.771. The smallest absolute Gasteiger partial charge is 0.306 e. The fourth-order valence-electron chi connectivity index (χ4n) is 12.1. The lowest BCUT2D eigenvalue weighted by atomic mass is 9.43. The van der Waals surface area contributed by atoms with Crippen molar-refractivity contribution in [2.24, 2.45) is 57.2 Å². The minimum absolute atomic E-state index is 0.0482. The van der Waals surface area contributed by atoms with Gasteiger partial charge in [-0.3, -0.25) is 19.2 Å². The number of nitrogens with one attached hydrogen (secondary N) is 1. The van der Waals surface area contributed by atoms with Gasteiger partial charge >= 0.3 is 11.9 Å². The first-order valence-electron chi connectivity index (χ1n) is 16.8. The summed E-state index contributed by atoms with van der Waals surface area (Å²) in [7, 11) is 0. The number of halogens is 3. The minimum atomic E-state index is -2.11. The number of carbonyl (C=O) groups excluding carboxylic acids is 4. The van der Waals surface area contributed by atoms with Crippen LogP contribution in [0.5, 0.6) is 0 Å². The van der Waals surface area contributed by atoms with Gasteiger partial charge in [0, 0.05) is 37.1 Å². The highest BCUT2D eigenvalue weighted by atomic mass is 35.6. The normalized spacial score (nSPS) is 47.3. The van der Waals surface area contributed by atoms with Gasteiger partial charge in [-0.15, -0.1) is 0 Å². The number of amides is 1. The highest BCUT2D eigenvalue weighted by Crippen LogP contribution is 2.87. The molecule has 2 aliphatic heterocycles. The Bertz CT molecular complexity index is 1460. The number of rotatable bonds is 5. The van der Waals surface area contributed by atoms with Gasteiger partial charge in [-0.25, -0.2) is 0 Å². The van der Waals surface area contributed by atoms with Gasteiger partial charge in [0.05, 0.1) is 13.0 Å². The highest BCUT2D eigenvalue weighted by molar-refractivity contribution is 6.76. The zero-order valence-corrected chi connectivity index (χ0v) is 29.4. The summed E-state index contributed by atoms with van der Waals surface area (Å²) in [5.41, 5.74) is 0.620. The molecule has 8 nitrogen and oxygen atoms in total. The van der Waals surface area contributed by atoms with Gasteiger partial charge in [0.2, 0.25) is 0 Å². The molecule has 252 valence electrons. The Labute approximate surface area is 285 Å². The van der Waals surface area contributed by atoms with Crippen molar-refractivity contribution in [1.82, 2.24) is 5.32 Å². The Morgan fingerprint density at radius 2 is 1.85 bits per heavy atom. The molecule has 0 bridgehead atoms. The molecule has 2 heterocycles. The molecule has 4 saturated carbocycles. The summed E-state index contributed by atoms with van der Waals surface area (Å²) in [5, 5.41) is 2.70. The molecule has 7 rings (SSSR count). The van der Waals surface area contributed by atoms with Crippen LogP contribution >= 0.6 is 34.8 Å². The van der Waals surface area contributed by atoms with Crippen LogP contribution in [0, 0.1) is 57.2 Å². The molecule has 2 spiro atoms.